The third-order valence-electron chi connectivity index (χ3n) is 3.07. The second-order valence-electron chi connectivity index (χ2n) is 5.01. The van der Waals surface area contributed by atoms with Crippen LogP contribution in [0, 0.1) is 12.3 Å². The van der Waals surface area contributed by atoms with Crippen molar-refractivity contribution >= 4 is 5.69 Å². The number of nitrogens with two attached hydrogens (primary N) is 1. The average molecular weight is 230 g/mol. The van der Waals surface area contributed by atoms with Gasteiger partial charge in [-0.3, -0.25) is 4.90 Å². The van der Waals surface area contributed by atoms with Crippen LogP contribution < -0.4 is 5.73 Å². The Labute approximate surface area is 105 Å². The molecule has 0 unspecified atom stereocenters. The van der Waals surface area contributed by atoms with Gasteiger partial charge in [0.1, 0.15) is 0 Å². The van der Waals surface area contributed by atoms with Gasteiger partial charge in [-0.25, -0.2) is 0 Å². The highest BCUT2D eigenvalue weighted by Gasteiger charge is 2.22. The summed E-state index contributed by atoms with van der Waals surface area (Å²) in [4.78, 5) is 2.27. The Morgan fingerprint density at radius 2 is 1.88 bits per heavy atom. The number of benzene rings is 1. The summed E-state index contributed by atoms with van der Waals surface area (Å²) in [6.07, 6.45) is 5.37. The van der Waals surface area contributed by atoms with Gasteiger partial charge in [0.2, 0.25) is 0 Å². The Balaban J connectivity index is 2.80. The van der Waals surface area contributed by atoms with Gasteiger partial charge in [0, 0.05) is 17.6 Å². The van der Waals surface area contributed by atoms with E-state index in [2.05, 4.69) is 43.7 Å². The van der Waals surface area contributed by atoms with E-state index in [1.54, 1.807) is 0 Å². The summed E-state index contributed by atoms with van der Waals surface area (Å²) in [5.41, 5.74) is 7.89. The molecule has 0 aliphatic carbocycles. The molecule has 17 heavy (non-hydrogen) atoms. The van der Waals surface area contributed by atoms with Gasteiger partial charge in [0.25, 0.3) is 0 Å². The molecule has 0 fully saturated rings. The molecule has 0 spiro atoms. The lowest BCUT2D eigenvalue weighted by Gasteiger charge is -2.31. The smallest absolute Gasteiger partial charge is 0.0599 e. The minimum atomic E-state index is 0.0839. The van der Waals surface area contributed by atoms with E-state index in [4.69, 9.17) is 12.2 Å². The zero-order chi connectivity index (χ0) is 12.9. The molecule has 92 valence electrons. The first-order chi connectivity index (χ1) is 7.99. The summed E-state index contributed by atoms with van der Waals surface area (Å²) in [6.45, 7) is 9.24. The van der Waals surface area contributed by atoms with Crippen LogP contribution in [0.25, 0.3) is 0 Å². The highest BCUT2D eigenvalue weighted by Crippen LogP contribution is 2.25. The Kier molecular flexibility index (Phi) is 4.60. The van der Waals surface area contributed by atoms with Crippen molar-refractivity contribution in [3.8, 4) is 12.3 Å². The van der Waals surface area contributed by atoms with Crippen molar-refractivity contribution < 1.29 is 0 Å². The van der Waals surface area contributed by atoms with E-state index in [9.17, 15) is 0 Å². The maximum Gasteiger partial charge on any atom is 0.0599 e. The zero-order valence-electron chi connectivity index (χ0n) is 11.0. The summed E-state index contributed by atoms with van der Waals surface area (Å²) in [5, 5.41) is 0. The fraction of sp³-hybridized carbons (Fsp3) is 0.467. The lowest BCUT2D eigenvalue weighted by atomic mass is 9.84. The molecule has 0 saturated heterocycles. The van der Waals surface area contributed by atoms with Crippen LogP contribution in [-0.4, -0.2) is 24.5 Å². The molecule has 0 saturated carbocycles. The molecule has 1 aromatic rings. The fourth-order valence-electron chi connectivity index (χ4n) is 1.99. The standard InChI is InChI=1S/C15H22N2/c1-5-11-17(6-2)12-15(3,4)13-7-9-14(16)10-8-13/h1,7-10H,6,11-12,16H2,2-4H3. The fourth-order valence-corrected chi connectivity index (χ4v) is 1.99. The lowest BCUT2D eigenvalue weighted by Crippen LogP contribution is -2.37. The molecule has 0 aromatic heterocycles. The molecule has 0 atom stereocenters. The third-order valence-corrected chi connectivity index (χ3v) is 3.07. The monoisotopic (exact) mass is 230 g/mol. The van der Waals surface area contributed by atoms with Crippen molar-refractivity contribution in [1.29, 1.82) is 0 Å². The molecule has 2 heteroatoms. The molecule has 0 aliphatic rings. The van der Waals surface area contributed by atoms with E-state index >= 15 is 0 Å². The van der Waals surface area contributed by atoms with Gasteiger partial charge >= 0.3 is 0 Å². The molecule has 0 bridgehead atoms. The molecule has 0 amide bonds. The number of anilines is 1. The predicted octanol–water partition coefficient (Wildman–Crippen LogP) is 2.50. The van der Waals surface area contributed by atoms with Crippen molar-refractivity contribution in [3.05, 3.63) is 29.8 Å². The Hall–Kier alpha value is -1.46. The van der Waals surface area contributed by atoms with Gasteiger partial charge in [-0.05, 0) is 24.2 Å². The summed E-state index contributed by atoms with van der Waals surface area (Å²) in [6, 6.07) is 8.10. The maximum atomic E-state index is 5.71. The van der Waals surface area contributed by atoms with E-state index in [0.29, 0.717) is 6.54 Å². The second-order valence-corrected chi connectivity index (χ2v) is 5.01. The Bertz CT molecular complexity index is 384. The molecule has 1 aromatic carbocycles. The number of hydrogen-bond acceptors (Lipinski definition) is 2. The van der Waals surface area contributed by atoms with Gasteiger partial charge in [-0.1, -0.05) is 38.8 Å². The first kappa shape index (κ1) is 13.6. The normalized spacial score (nSPS) is 11.5. The van der Waals surface area contributed by atoms with Crippen LogP contribution in [0.15, 0.2) is 24.3 Å². The highest BCUT2D eigenvalue weighted by molar-refractivity contribution is 5.41. The van der Waals surface area contributed by atoms with Gasteiger partial charge in [0.15, 0.2) is 0 Å². The van der Waals surface area contributed by atoms with Crippen molar-refractivity contribution in [1.82, 2.24) is 4.90 Å². The molecular weight excluding hydrogens is 208 g/mol. The van der Waals surface area contributed by atoms with E-state index in [-0.39, 0.29) is 5.41 Å². The first-order valence-electron chi connectivity index (χ1n) is 6.01. The third kappa shape index (κ3) is 3.80. The largest absolute Gasteiger partial charge is 0.399 e. The van der Waals surface area contributed by atoms with Crippen LogP contribution in [0.2, 0.25) is 0 Å². The molecule has 0 radical (unpaired) electrons. The van der Waals surface area contributed by atoms with Crippen molar-refractivity contribution in [2.45, 2.75) is 26.2 Å². The lowest BCUT2D eigenvalue weighted by molar-refractivity contribution is 0.259. The van der Waals surface area contributed by atoms with E-state index in [1.807, 2.05) is 12.1 Å². The molecule has 2 nitrogen and oxygen atoms in total. The average Bonchev–Trinajstić information content (AvgIpc) is 2.28. The quantitative estimate of drug-likeness (QED) is 0.622. The van der Waals surface area contributed by atoms with Crippen molar-refractivity contribution in [2.24, 2.45) is 0 Å². The van der Waals surface area contributed by atoms with Crippen LogP contribution in [0.1, 0.15) is 26.3 Å². The molecule has 2 N–H and O–H groups in total. The van der Waals surface area contributed by atoms with Crippen LogP contribution in [0.3, 0.4) is 0 Å². The number of terminal acetylenes is 1. The molecule has 0 heterocycles. The highest BCUT2D eigenvalue weighted by atomic mass is 15.1. The van der Waals surface area contributed by atoms with E-state index in [1.165, 1.54) is 5.56 Å². The number of nitrogen functional groups attached to an aromatic ring is 1. The summed E-state index contributed by atoms with van der Waals surface area (Å²) in [5.74, 6) is 2.71. The van der Waals surface area contributed by atoms with Gasteiger partial charge in [0.05, 0.1) is 6.54 Å². The number of rotatable bonds is 5. The minimum Gasteiger partial charge on any atom is -0.399 e. The second kappa shape index (κ2) is 5.75. The first-order valence-corrected chi connectivity index (χ1v) is 6.01. The van der Waals surface area contributed by atoms with E-state index < -0.39 is 0 Å². The molecular formula is C15H22N2. The van der Waals surface area contributed by atoms with Crippen LogP contribution in [0.5, 0.6) is 0 Å². The minimum absolute atomic E-state index is 0.0839. The van der Waals surface area contributed by atoms with Crippen molar-refractivity contribution in [2.75, 3.05) is 25.4 Å². The molecule has 1 rings (SSSR count). The van der Waals surface area contributed by atoms with Crippen molar-refractivity contribution in [3.63, 3.8) is 0 Å². The van der Waals surface area contributed by atoms with E-state index in [0.717, 1.165) is 18.8 Å². The number of likely N-dealkylation sites (N-methyl/N-ethyl adjacent to an activating group) is 1. The zero-order valence-corrected chi connectivity index (χ0v) is 11.0. The van der Waals surface area contributed by atoms with Crippen LogP contribution in [-0.2, 0) is 5.41 Å². The van der Waals surface area contributed by atoms with Gasteiger partial charge < -0.3 is 5.73 Å². The SMILES string of the molecule is C#CCN(CC)CC(C)(C)c1ccc(N)cc1. The summed E-state index contributed by atoms with van der Waals surface area (Å²) >= 11 is 0. The predicted molar refractivity (Wildman–Crippen MR) is 74.8 cm³/mol. The van der Waals surface area contributed by atoms with Gasteiger partial charge in [-0.2, -0.15) is 0 Å². The summed E-state index contributed by atoms with van der Waals surface area (Å²) < 4.78 is 0. The summed E-state index contributed by atoms with van der Waals surface area (Å²) in [7, 11) is 0. The topological polar surface area (TPSA) is 29.3 Å². The maximum absolute atomic E-state index is 5.71. The number of hydrogen-bond donors (Lipinski definition) is 1. The molecule has 0 aliphatic heterocycles. The Morgan fingerprint density at radius 1 is 1.29 bits per heavy atom. The number of nitrogens with zero attached hydrogens (tertiary/aromatic N) is 1. The Morgan fingerprint density at radius 3 is 2.35 bits per heavy atom. The van der Waals surface area contributed by atoms with Gasteiger partial charge in [-0.15, -0.1) is 6.42 Å². The van der Waals surface area contributed by atoms with Crippen LogP contribution >= 0.6 is 0 Å². The van der Waals surface area contributed by atoms with Crippen LogP contribution in [0.4, 0.5) is 5.69 Å².